The monoisotopic (exact) mass is 286 g/mol. The first-order valence-corrected chi connectivity index (χ1v) is 5.98. The van der Waals surface area contributed by atoms with Gasteiger partial charge >= 0.3 is 5.97 Å². The van der Waals surface area contributed by atoms with Gasteiger partial charge in [0.1, 0.15) is 12.4 Å². The Balaban J connectivity index is 2.67. The Hall–Kier alpha value is -1.10. The number of pyridine rings is 1. The lowest BCUT2D eigenvalue weighted by Gasteiger charge is -2.20. The van der Waals surface area contributed by atoms with Crippen LogP contribution >= 0.6 is 15.9 Å². The van der Waals surface area contributed by atoms with E-state index in [-0.39, 0.29) is 12.5 Å². The first kappa shape index (κ1) is 13.0. The van der Waals surface area contributed by atoms with E-state index in [4.69, 9.17) is 4.74 Å². The fraction of sp³-hybridized carbons (Fsp3) is 0.455. The van der Waals surface area contributed by atoms with Crippen molar-refractivity contribution in [2.75, 3.05) is 24.6 Å². The summed E-state index contributed by atoms with van der Waals surface area (Å²) in [4.78, 5) is 17.5. The lowest BCUT2D eigenvalue weighted by atomic mass is 10.4. The van der Waals surface area contributed by atoms with Gasteiger partial charge in [-0.3, -0.25) is 4.79 Å². The van der Waals surface area contributed by atoms with E-state index in [0.717, 1.165) is 10.3 Å². The maximum atomic E-state index is 11.4. The Morgan fingerprint density at radius 3 is 2.75 bits per heavy atom. The van der Waals surface area contributed by atoms with Gasteiger partial charge in [0.25, 0.3) is 0 Å². The summed E-state index contributed by atoms with van der Waals surface area (Å²) in [6.45, 7) is 5.13. The number of carbonyl (C=O) groups excluding carboxylic acids is 1. The van der Waals surface area contributed by atoms with Crippen molar-refractivity contribution in [1.82, 2.24) is 4.98 Å². The van der Waals surface area contributed by atoms with Gasteiger partial charge in [0, 0.05) is 17.2 Å². The molecule has 88 valence electrons. The molecule has 1 rings (SSSR count). The van der Waals surface area contributed by atoms with Gasteiger partial charge in [-0.25, -0.2) is 4.98 Å². The highest BCUT2D eigenvalue weighted by Crippen LogP contribution is 2.14. The summed E-state index contributed by atoms with van der Waals surface area (Å²) in [5.41, 5.74) is 0. The Morgan fingerprint density at radius 1 is 1.50 bits per heavy atom. The number of halogens is 1. The third kappa shape index (κ3) is 3.81. The molecule has 0 bridgehead atoms. The van der Waals surface area contributed by atoms with Gasteiger partial charge in [-0.05, 0) is 41.9 Å². The molecule has 0 aliphatic heterocycles. The van der Waals surface area contributed by atoms with E-state index in [2.05, 4.69) is 20.9 Å². The summed E-state index contributed by atoms with van der Waals surface area (Å²) < 4.78 is 5.82. The summed E-state index contributed by atoms with van der Waals surface area (Å²) in [6.07, 6.45) is 1.71. The highest BCUT2D eigenvalue weighted by molar-refractivity contribution is 9.10. The molecule has 0 amide bonds. The van der Waals surface area contributed by atoms with Gasteiger partial charge in [0.15, 0.2) is 0 Å². The van der Waals surface area contributed by atoms with Crippen molar-refractivity contribution in [3.8, 4) is 0 Å². The first-order chi connectivity index (χ1) is 7.67. The van der Waals surface area contributed by atoms with Crippen LogP contribution in [0.25, 0.3) is 0 Å². The molecule has 1 aromatic rings. The van der Waals surface area contributed by atoms with E-state index in [9.17, 15) is 4.79 Å². The number of hydrogen-bond acceptors (Lipinski definition) is 4. The lowest BCUT2D eigenvalue weighted by Crippen LogP contribution is -2.31. The van der Waals surface area contributed by atoms with Gasteiger partial charge < -0.3 is 9.64 Å². The summed E-state index contributed by atoms with van der Waals surface area (Å²) in [7, 11) is 0. The highest BCUT2D eigenvalue weighted by atomic mass is 79.9. The topological polar surface area (TPSA) is 42.4 Å². The molecule has 0 radical (unpaired) electrons. The van der Waals surface area contributed by atoms with Crippen LogP contribution in [0.2, 0.25) is 0 Å². The van der Waals surface area contributed by atoms with E-state index < -0.39 is 0 Å². The van der Waals surface area contributed by atoms with Gasteiger partial charge in [-0.2, -0.15) is 0 Å². The lowest BCUT2D eigenvalue weighted by molar-refractivity contribution is -0.141. The first-order valence-electron chi connectivity index (χ1n) is 5.19. The second-order valence-corrected chi connectivity index (χ2v) is 4.07. The SMILES string of the molecule is CCOC(=O)CN(CC)c1ccc(Br)cn1. The fourth-order valence-corrected chi connectivity index (χ4v) is 1.51. The van der Waals surface area contributed by atoms with Crippen LogP contribution in [0.5, 0.6) is 0 Å². The quantitative estimate of drug-likeness (QED) is 0.779. The van der Waals surface area contributed by atoms with E-state index in [0.29, 0.717) is 13.2 Å². The minimum Gasteiger partial charge on any atom is -0.465 e. The number of ether oxygens (including phenoxy) is 1. The molecule has 1 heterocycles. The van der Waals surface area contributed by atoms with E-state index in [1.165, 1.54) is 0 Å². The number of hydrogen-bond donors (Lipinski definition) is 0. The fourth-order valence-electron chi connectivity index (χ4n) is 1.27. The van der Waals surface area contributed by atoms with Crippen molar-refractivity contribution in [3.63, 3.8) is 0 Å². The standard InChI is InChI=1S/C11H15BrN2O2/c1-3-14(8-11(15)16-4-2)10-6-5-9(12)7-13-10/h5-7H,3-4,8H2,1-2H3. The largest absolute Gasteiger partial charge is 0.465 e. The van der Waals surface area contributed by atoms with Crippen LogP contribution in [0.4, 0.5) is 5.82 Å². The number of carbonyl (C=O) groups is 1. The Morgan fingerprint density at radius 2 is 2.25 bits per heavy atom. The molecule has 16 heavy (non-hydrogen) atoms. The third-order valence-corrected chi connectivity index (χ3v) is 2.51. The van der Waals surface area contributed by atoms with Crippen molar-refractivity contribution in [2.24, 2.45) is 0 Å². The van der Waals surface area contributed by atoms with Crippen LogP contribution in [-0.4, -0.2) is 30.6 Å². The van der Waals surface area contributed by atoms with Crippen molar-refractivity contribution in [3.05, 3.63) is 22.8 Å². The van der Waals surface area contributed by atoms with Crippen molar-refractivity contribution < 1.29 is 9.53 Å². The Bertz CT molecular complexity index is 340. The maximum Gasteiger partial charge on any atom is 0.325 e. The van der Waals surface area contributed by atoms with Gasteiger partial charge in [0.2, 0.25) is 0 Å². The van der Waals surface area contributed by atoms with Crippen LogP contribution in [0.15, 0.2) is 22.8 Å². The number of nitrogens with zero attached hydrogens (tertiary/aromatic N) is 2. The zero-order chi connectivity index (χ0) is 12.0. The highest BCUT2D eigenvalue weighted by Gasteiger charge is 2.11. The van der Waals surface area contributed by atoms with E-state index in [1.54, 1.807) is 13.1 Å². The van der Waals surface area contributed by atoms with Crippen LogP contribution < -0.4 is 4.90 Å². The minimum atomic E-state index is -0.228. The molecule has 4 nitrogen and oxygen atoms in total. The predicted octanol–water partition coefficient (Wildman–Crippen LogP) is 2.23. The molecule has 0 aliphatic rings. The number of esters is 1. The van der Waals surface area contributed by atoms with Crippen molar-refractivity contribution >= 4 is 27.7 Å². The molecule has 0 saturated carbocycles. The van der Waals surface area contributed by atoms with Crippen LogP contribution in [0.1, 0.15) is 13.8 Å². The molecule has 1 aromatic heterocycles. The number of rotatable bonds is 5. The average Bonchev–Trinajstić information content (AvgIpc) is 2.27. The molecule has 0 atom stereocenters. The smallest absolute Gasteiger partial charge is 0.325 e. The zero-order valence-corrected chi connectivity index (χ0v) is 11.0. The Labute approximate surface area is 104 Å². The third-order valence-electron chi connectivity index (χ3n) is 2.04. The summed E-state index contributed by atoms with van der Waals surface area (Å²) >= 11 is 3.32. The van der Waals surface area contributed by atoms with Gasteiger partial charge in [0.05, 0.1) is 6.61 Å². The van der Waals surface area contributed by atoms with E-state index in [1.807, 2.05) is 24.0 Å². The Kier molecular flexibility index (Phi) is 5.25. The number of aromatic nitrogens is 1. The summed E-state index contributed by atoms with van der Waals surface area (Å²) in [5, 5.41) is 0. The molecule has 0 spiro atoms. The van der Waals surface area contributed by atoms with Crippen molar-refractivity contribution in [2.45, 2.75) is 13.8 Å². The molecule has 0 N–H and O–H groups in total. The van der Waals surface area contributed by atoms with Crippen LogP contribution in [0, 0.1) is 0 Å². The summed E-state index contributed by atoms with van der Waals surface area (Å²) in [5.74, 6) is 0.549. The molecule has 5 heteroatoms. The average molecular weight is 287 g/mol. The second-order valence-electron chi connectivity index (χ2n) is 3.15. The normalized spacial score (nSPS) is 9.94. The second kappa shape index (κ2) is 6.48. The molecular formula is C11H15BrN2O2. The van der Waals surface area contributed by atoms with Crippen LogP contribution in [0.3, 0.4) is 0 Å². The predicted molar refractivity (Wildman–Crippen MR) is 66.5 cm³/mol. The van der Waals surface area contributed by atoms with Gasteiger partial charge in [-0.15, -0.1) is 0 Å². The number of likely N-dealkylation sites (N-methyl/N-ethyl adjacent to an activating group) is 1. The van der Waals surface area contributed by atoms with E-state index >= 15 is 0 Å². The molecule has 0 fully saturated rings. The molecule has 0 aliphatic carbocycles. The van der Waals surface area contributed by atoms with Crippen LogP contribution in [-0.2, 0) is 9.53 Å². The molecule has 0 saturated heterocycles. The molecular weight excluding hydrogens is 272 g/mol. The minimum absolute atomic E-state index is 0.228. The molecule has 0 unspecified atom stereocenters. The summed E-state index contributed by atoms with van der Waals surface area (Å²) in [6, 6.07) is 3.77. The van der Waals surface area contributed by atoms with Gasteiger partial charge in [-0.1, -0.05) is 0 Å². The van der Waals surface area contributed by atoms with Crippen molar-refractivity contribution in [1.29, 1.82) is 0 Å². The zero-order valence-electron chi connectivity index (χ0n) is 9.44. The maximum absolute atomic E-state index is 11.4. The number of anilines is 1. The molecule has 0 aromatic carbocycles.